The van der Waals surface area contributed by atoms with Crippen LogP contribution in [0, 0.1) is 10.1 Å². The van der Waals surface area contributed by atoms with E-state index in [0.29, 0.717) is 5.69 Å². The highest BCUT2D eigenvalue weighted by Gasteiger charge is 2.21. The zero-order chi connectivity index (χ0) is 14.5. The summed E-state index contributed by atoms with van der Waals surface area (Å²) in [7, 11) is 0. The maximum absolute atomic E-state index is 11.1. The average molecular weight is 278 g/mol. The number of carboxylic acids is 1. The van der Waals surface area contributed by atoms with Gasteiger partial charge < -0.3 is 10.0 Å². The van der Waals surface area contributed by atoms with Crippen LogP contribution in [-0.2, 0) is 0 Å². The molecule has 0 aliphatic carbocycles. The van der Waals surface area contributed by atoms with E-state index < -0.39 is 10.9 Å². The standard InChI is InChI=1S/C14H18N2O4/c17-14(18)11-6-7-12(16(19)20)13(10-11)15-8-4-2-1-3-5-9-15/h6-7,10H,1-5,8-9H2,(H,17,18). The first-order chi connectivity index (χ1) is 9.59. The van der Waals surface area contributed by atoms with Crippen molar-refractivity contribution in [3.63, 3.8) is 0 Å². The zero-order valence-electron chi connectivity index (χ0n) is 11.2. The first-order valence-corrected chi connectivity index (χ1v) is 6.86. The summed E-state index contributed by atoms with van der Waals surface area (Å²) in [6.45, 7) is 1.48. The van der Waals surface area contributed by atoms with Gasteiger partial charge in [0, 0.05) is 19.2 Å². The number of hydrogen-bond acceptors (Lipinski definition) is 4. The topological polar surface area (TPSA) is 83.7 Å². The molecule has 1 aromatic carbocycles. The predicted molar refractivity (Wildman–Crippen MR) is 75.4 cm³/mol. The van der Waals surface area contributed by atoms with Gasteiger partial charge in [0.05, 0.1) is 10.5 Å². The molecular formula is C14H18N2O4. The average Bonchev–Trinajstić information content (AvgIpc) is 2.37. The van der Waals surface area contributed by atoms with Crippen molar-refractivity contribution in [2.45, 2.75) is 32.1 Å². The molecule has 6 heteroatoms. The van der Waals surface area contributed by atoms with Gasteiger partial charge in [-0.3, -0.25) is 10.1 Å². The molecule has 1 N–H and O–H groups in total. The summed E-state index contributed by atoms with van der Waals surface area (Å²) in [6, 6.07) is 3.99. The highest BCUT2D eigenvalue weighted by atomic mass is 16.6. The molecular weight excluding hydrogens is 260 g/mol. The molecule has 0 saturated carbocycles. The molecule has 1 aliphatic heterocycles. The molecule has 0 bridgehead atoms. The van der Waals surface area contributed by atoms with Gasteiger partial charge in [-0.25, -0.2) is 4.79 Å². The van der Waals surface area contributed by atoms with Crippen LogP contribution in [0.15, 0.2) is 18.2 Å². The van der Waals surface area contributed by atoms with Crippen molar-refractivity contribution in [3.05, 3.63) is 33.9 Å². The minimum absolute atomic E-state index is 0.0180. The first-order valence-electron chi connectivity index (χ1n) is 6.86. The summed E-state index contributed by atoms with van der Waals surface area (Å²) in [5, 5.41) is 20.2. The Bertz CT molecular complexity index is 508. The second kappa shape index (κ2) is 6.36. The number of rotatable bonds is 3. The van der Waals surface area contributed by atoms with Crippen LogP contribution < -0.4 is 4.90 Å². The van der Waals surface area contributed by atoms with Crippen molar-refractivity contribution in [1.29, 1.82) is 0 Å². The van der Waals surface area contributed by atoms with E-state index in [4.69, 9.17) is 5.11 Å². The maximum Gasteiger partial charge on any atom is 0.335 e. The molecule has 1 heterocycles. The van der Waals surface area contributed by atoms with Crippen molar-refractivity contribution in [2.24, 2.45) is 0 Å². The number of hydrogen-bond donors (Lipinski definition) is 1. The lowest BCUT2D eigenvalue weighted by Crippen LogP contribution is -2.28. The number of nitro benzene ring substituents is 1. The summed E-state index contributed by atoms with van der Waals surface area (Å²) in [5.74, 6) is -1.06. The van der Waals surface area contributed by atoms with Gasteiger partial charge in [0.15, 0.2) is 0 Å². The molecule has 0 atom stereocenters. The minimum Gasteiger partial charge on any atom is -0.478 e. The largest absolute Gasteiger partial charge is 0.478 e. The third-order valence-corrected chi connectivity index (χ3v) is 3.62. The molecule has 6 nitrogen and oxygen atoms in total. The van der Waals surface area contributed by atoms with Crippen LogP contribution in [0.5, 0.6) is 0 Å². The van der Waals surface area contributed by atoms with Crippen LogP contribution in [0.2, 0.25) is 0 Å². The van der Waals surface area contributed by atoms with Crippen LogP contribution in [0.1, 0.15) is 42.5 Å². The summed E-state index contributed by atoms with van der Waals surface area (Å²) in [5.41, 5.74) is 0.500. The van der Waals surface area contributed by atoms with Crippen LogP contribution in [0.4, 0.5) is 11.4 Å². The quantitative estimate of drug-likeness (QED) is 0.678. The Labute approximate surface area is 117 Å². The second-order valence-corrected chi connectivity index (χ2v) is 5.02. The Morgan fingerprint density at radius 1 is 1.15 bits per heavy atom. The summed E-state index contributed by atoms with van der Waals surface area (Å²) >= 11 is 0. The molecule has 1 saturated heterocycles. The van der Waals surface area contributed by atoms with Gasteiger partial charge in [-0.2, -0.15) is 0 Å². The Kier molecular flexibility index (Phi) is 4.55. The molecule has 0 aromatic heterocycles. The van der Waals surface area contributed by atoms with Crippen molar-refractivity contribution < 1.29 is 14.8 Å². The Morgan fingerprint density at radius 2 is 1.75 bits per heavy atom. The number of aromatic carboxylic acids is 1. The number of carboxylic acid groups (broad SMARTS) is 1. The second-order valence-electron chi connectivity index (χ2n) is 5.02. The van der Waals surface area contributed by atoms with E-state index >= 15 is 0 Å². The van der Waals surface area contributed by atoms with Crippen LogP contribution in [0.25, 0.3) is 0 Å². The van der Waals surface area contributed by atoms with Gasteiger partial charge in [-0.15, -0.1) is 0 Å². The van der Waals surface area contributed by atoms with Crippen molar-refractivity contribution in [3.8, 4) is 0 Å². The maximum atomic E-state index is 11.1. The summed E-state index contributed by atoms with van der Waals surface area (Å²) in [6.07, 6.45) is 5.39. The highest BCUT2D eigenvalue weighted by molar-refractivity contribution is 5.90. The van der Waals surface area contributed by atoms with E-state index in [1.165, 1.54) is 24.6 Å². The van der Waals surface area contributed by atoms with Crippen molar-refractivity contribution >= 4 is 17.3 Å². The van der Waals surface area contributed by atoms with Gasteiger partial charge in [0.25, 0.3) is 5.69 Å². The lowest BCUT2D eigenvalue weighted by molar-refractivity contribution is -0.384. The molecule has 0 spiro atoms. The normalized spacial score (nSPS) is 16.3. The van der Waals surface area contributed by atoms with Gasteiger partial charge in [-0.05, 0) is 25.0 Å². The molecule has 1 aliphatic rings. The molecule has 0 radical (unpaired) electrons. The fraction of sp³-hybridized carbons (Fsp3) is 0.500. The van der Waals surface area contributed by atoms with Crippen LogP contribution in [-0.4, -0.2) is 29.1 Å². The monoisotopic (exact) mass is 278 g/mol. The van der Waals surface area contributed by atoms with E-state index in [2.05, 4.69) is 0 Å². The van der Waals surface area contributed by atoms with Gasteiger partial charge in [0.2, 0.25) is 0 Å². The zero-order valence-corrected chi connectivity index (χ0v) is 11.2. The molecule has 20 heavy (non-hydrogen) atoms. The van der Waals surface area contributed by atoms with E-state index in [0.717, 1.165) is 38.8 Å². The van der Waals surface area contributed by atoms with Crippen LogP contribution in [0.3, 0.4) is 0 Å². The van der Waals surface area contributed by atoms with E-state index in [-0.39, 0.29) is 11.3 Å². The first kappa shape index (κ1) is 14.3. The summed E-state index contributed by atoms with van der Waals surface area (Å²) in [4.78, 5) is 23.7. The minimum atomic E-state index is -1.06. The number of anilines is 1. The van der Waals surface area contributed by atoms with E-state index in [1.807, 2.05) is 4.90 Å². The third kappa shape index (κ3) is 3.26. The molecule has 108 valence electrons. The molecule has 1 fully saturated rings. The van der Waals surface area contributed by atoms with E-state index in [1.54, 1.807) is 0 Å². The molecule has 0 amide bonds. The van der Waals surface area contributed by atoms with Gasteiger partial charge in [-0.1, -0.05) is 19.3 Å². The van der Waals surface area contributed by atoms with E-state index in [9.17, 15) is 14.9 Å². The Balaban J connectivity index is 2.36. The number of carbonyl (C=O) groups is 1. The summed E-state index contributed by atoms with van der Waals surface area (Å²) < 4.78 is 0. The fourth-order valence-electron chi connectivity index (χ4n) is 2.55. The Hall–Kier alpha value is -2.11. The fourth-order valence-corrected chi connectivity index (χ4v) is 2.55. The van der Waals surface area contributed by atoms with Gasteiger partial charge in [0.1, 0.15) is 5.69 Å². The lowest BCUT2D eigenvalue weighted by Gasteiger charge is -2.26. The number of benzene rings is 1. The highest BCUT2D eigenvalue weighted by Crippen LogP contribution is 2.30. The number of nitrogens with zero attached hydrogens (tertiary/aromatic N) is 2. The molecule has 2 rings (SSSR count). The smallest absolute Gasteiger partial charge is 0.335 e. The third-order valence-electron chi connectivity index (χ3n) is 3.62. The SMILES string of the molecule is O=C(O)c1ccc([N+](=O)[O-])c(N2CCCCCCC2)c1. The molecule has 0 unspecified atom stereocenters. The van der Waals surface area contributed by atoms with Crippen molar-refractivity contribution in [1.82, 2.24) is 0 Å². The predicted octanol–water partition coefficient (Wildman–Crippen LogP) is 3.06. The lowest BCUT2D eigenvalue weighted by atomic mass is 10.1. The van der Waals surface area contributed by atoms with Gasteiger partial charge >= 0.3 is 5.97 Å². The number of nitro groups is 1. The molecule has 1 aromatic rings. The Morgan fingerprint density at radius 3 is 2.30 bits per heavy atom. The van der Waals surface area contributed by atoms with Crippen molar-refractivity contribution in [2.75, 3.05) is 18.0 Å². The van der Waals surface area contributed by atoms with Crippen LogP contribution >= 0.6 is 0 Å².